The molecule has 3 heteroatoms. The first kappa shape index (κ1) is 9.90. The zero-order valence-electron chi connectivity index (χ0n) is 8.64. The fourth-order valence-electron chi connectivity index (χ4n) is 1.73. The highest BCUT2D eigenvalue weighted by molar-refractivity contribution is 5.91. The predicted octanol–water partition coefficient (Wildman–Crippen LogP) is 1.75. The number of rotatable bonds is 3. The summed E-state index contributed by atoms with van der Waals surface area (Å²) >= 11 is 0. The standard InChI is InChI=1S/C12H13NO2/c1-2-9-5-3-4-6-10(9)7-11-12(14)13-8-15-11/h3-6,8,11H,2,7H2,1H3. The fourth-order valence-corrected chi connectivity index (χ4v) is 1.73. The van der Waals surface area contributed by atoms with Crippen LogP contribution < -0.4 is 0 Å². The van der Waals surface area contributed by atoms with Crippen LogP contribution in [0, 0.1) is 0 Å². The van der Waals surface area contributed by atoms with Crippen molar-refractivity contribution < 1.29 is 9.53 Å². The summed E-state index contributed by atoms with van der Waals surface area (Å²) in [5.74, 6) is -0.180. The molecule has 0 spiro atoms. The molecule has 1 aromatic carbocycles. The minimum Gasteiger partial charge on any atom is -0.470 e. The molecule has 0 bridgehead atoms. The zero-order chi connectivity index (χ0) is 10.7. The number of aryl methyl sites for hydroxylation is 1. The van der Waals surface area contributed by atoms with Gasteiger partial charge in [0.25, 0.3) is 5.91 Å². The lowest BCUT2D eigenvalue weighted by molar-refractivity contribution is -0.122. The number of carbonyl (C=O) groups is 1. The van der Waals surface area contributed by atoms with Crippen molar-refractivity contribution in [3.05, 3.63) is 35.4 Å². The van der Waals surface area contributed by atoms with Crippen LogP contribution in [0.3, 0.4) is 0 Å². The second-order valence-electron chi connectivity index (χ2n) is 3.52. The van der Waals surface area contributed by atoms with Crippen molar-refractivity contribution in [3.63, 3.8) is 0 Å². The van der Waals surface area contributed by atoms with Crippen LogP contribution in [0.2, 0.25) is 0 Å². The van der Waals surface area contributed by atoms with Crippen LogP contribution in [-0.2, 0) is 22.4 Å². The van der Waals surface area contributed by atoms with Gasteiger partial charge in [0.15, 0.2) is 12.5 Å². The number of amides is 1. The Morgan fingerprint density at radius 3 is 2.67 bits per heavy atom. The fraction of sp³-hybridized carbons (Fsp3) is 0.333. The molecule has 0 saturated heterocycles. The maximum absolute atomic E-state index is 11.3. The van der Waals surface area contributed by atoms with E-state index in [1.54, 1.807) is 0 Å². The molecule has 1 unspecified atom stereocenters. The molecule has 1 atom stereocenters. The van der Waals surface area contributed by atoms with E-state index in [0.29, 0.717) is 6.42 Å². The van der Waals surface area contributed by atoms with Crippen LogP contribution in [-0.4, -0.2) is 18.4 Å². The molecule has 78 valence electrons. The number of hydrogen-bond acceptors (Lipinski definition) is 2. The first-order valence-electron chi connectivity index (χ1n) is 5.10. The third kappa shape index (κ3) is 2.06. The highest BCUT2D eigenvalue weighted by Gasteiger charge is 2.23. The van der Waals surface area contributed by atoms with E-state index in [1.165, 1.54) is 17.5 Å². The summed E-state index contributed by atoms with van der Waals surface area (Å²) in [6.45, 7) is 2.10. The summed E-state index contributed by atoms with van der Waals surface area (Å²) in [5, 5.41) is 0. The topological polar surface area (TPSA) is 38.7 Å². The van der Waals surface area contributed by atoms with Gasteiger partial charge >= 0.3 is 0 Å². The lowest BCUT2D eigenvalue weighted by Crippen LogP contribution is -2.19. The first-order chi connectivity index (χ1) is 7.31. The molecule has 1 amide bonds. The Morgan fingerprint density at radius 1 is 1.33 bits per heavy atom. The molecule has 0 aromatic heterocycles. The van der Waals surface area contributed by atoms with Crippen molar-refractivity contribution >= 4 is 12.3 Å². The number of nitrogens with zero attached hydrogens (tertiary/aromatic N) is 1. The van der Waals surface area contributed by atoms with E-state index >= 15 is 0 Å². The SMILES string of the molecule is CCc1ccccc1CC1OC=NC1=O. The van der Waals surface area contributed by atoms with Gasteiger partial charge in [-0.05, 0) is 17.5 Å². The van der Waals surface area contributed by atoms with Gasteiger partial charge in [0.05, 0.1) is 0 Å². The van der Waals surface area contributed by atoms with Crippen LogP contribution >= 0.6 is 0 Å². The van der Waals surface area contributed by atoms with Gasteiger partial charge in [0.1, 0.15) is 0 Å². The Morgan fingerprint density at radius 2 is 2.07 bits per heavy atom. The molecule has 2 rings (SSSR count). The maximum atomic E-state index is 11.3. The highest BCUT2D eigenvalue weighted by atomic mass is 16.5. The van der Waals surface area contributed by atoms with E-state index in [2.05, 4.69) is 18.0 Å². The van der Waals surface area contributed by atoms with Crippen molar-refractivity contribution in [1.29, 1.82) is 0 Å². The van der Waals surface area contributed by atoms with Gasteiger partial charge in [0.2, 0.25) is 0 Å². The van der Waals surface area contributed by atoms with E-state index in [0.717, 1.165) is 6.42 Å². The summed E-state index contributed by atoms with van der Waals surface area (Å²) < 4.78 is 5.13. The second-order valence-corrected chi connectivity index (χ2v) is 3.52. The van der Waals surface area contributed by atoms with Crippen molar-refractivity contribution in [2.24, 2.45) is 4.99 Å². The first-order valence-corrected chi connectivity index (χ1v) is 5.10. The molecule has 0 N–H and O–H groups in total. The van der Waals surface area contributed by atoms with Crippen LogP contribution in [0.25, 0.3) is 0 Å². The normalized spacial score (nSPS) is 19.3. The second kappa shape index (κ2) is 4.26. The number of aliphatic imine (C=N–C) groups is 1. The molecular formula is C12H13NO2. The van der Waals surface area contributed by atoms with Gasteiger partial charge in [-0.25, -0.2) is 0 Å². The number of benzene rings is 1. The summed E-state index contributed by atoms with van der Waals surface area (Å²) in [4.78, 5) is 14.8. The summed E-state index contributed by atoms with van der Waals surface area (Å²) in [6, 6.07) is 8.11. The van der Waals surface area contributed by atoms with Crippen LogP contribution in [0.1, 0.15) is 18.1 Å². The number of hydrogen-bond donors (Lipinski definition) is 0. The van der Waals surface area contributed by atoms with E-state index < -0.39 is 6.10 Å². The van der Waals surface area contributed by atoms with Gasteiger partial charge in [-0.1, -0.05) is 31.2 Å². The van der Waals surface area contributed by atoms with E-state index in [1.807, 2.05) is 18.2 Å². The zero-order valence-corrected chi connectivity index (χ0v) is 8.64. The quantitative estimate of drug-likeness (QED) is 0.750. The summed E-state index contributed by atoms with van der Waals surface area (Å²) in [5.41, 5.74) is 2.43. The van der Waals surface area contributed by atoms with Crippen molar-refractivity contribution in [1.82, 2.24) is 0 Å². The van der Waals surface area contributed by atoms with Crippen molar-refractivity contribution in [2.75, 3.05) is 0 Å². The average Bonchev–Trinajstić information content (AvgIpc) is 2.65. The molecule has 0 aliphatic carbocycles. The Balaban J connectivity index is 2.13. The molecule has 1 heterocycles. The van der Waals surface area contributed by atoms with Crippen molar-refractivity contribution in [3.8, 4) is 0 Å². The number of carbonyl (C=O) groups excluding carboxylic acids is 1. The molecule has 0 fully saturated rings. The Labute approximate surface area is 88.8 Å². The highest BCUT2D eigenvalue weighted by Crippen LogP contribution is 2.15. The molecule has 15 heavy (non-hydrogen) atoms. The van der Waals surface area contributed by atoms with Gasteiger partial charge in [-0.2, -0.15) is 4.99 Å². The number of ether oxygens (including phenoxy) is 1. The van der Waals surface area contributed by atoms with Gasteiger partial charge in [-0.3, -0.25) is 4.79 Å². The Kier molecular flexibility index (Phi) is 2.81. The largest absolute Gasteiger partial charge is 0.470 e. The summed E-state index contributed by atoms with van der Waals surface area (Å²) in [7, 11) is 0. The average molecular weight is 203 g/mol. The molecule has 0 radical (unpaired) electrons. The Hall–Kier alpha value is -1.64. The van der Waals surface area contributed by atoms with Gasteiger partial charge in [0, 0.05) is 6.42 Å². The Bertz CT molecular complexity index is 398. The van der Waals surface area contributed by atoms with Crippen molar-refractivity contribution in [2.45, 2.75) is 25.9 Å². The van der Waals surface area contributed by atoms with Crippen LogP contribution in [0.4, 0.5) is 0 Å². The van der Waals surface area contributed by atoms with E-state index in [-0.39, 0.29) is 5.91 Å². The van der Waals surface area contributed by atoms with E-state index in [9.17, 15) is 4.79 Å². The lowest BCUT2D eigenvalue weighted by atomic mass is 10.00. The maximum Gasteiger partial charge on any atom is 0.289 e. The smallest absolute Gasteiger partial charge is 0.289 e. The minimum absolute atomic E-state index is 0.180. The minimum atomic E-state index is -0.419. The van der Waals surface area contributed by atoms with Gasteiger partial charge in [-0.15, -0.1) is 0 Å². The molecule has 1 aliphatic heterocycles. The predicted molar refractivity (Wildman–Crippen MR) is 57.9 cm³/mol. The molecule has 1 aliphatic rings. The third-order valence-electron chi connectivity index (χ3n) is 2.59. The summed E-state index contributed by atoms with van der Waals surface area (Å²) in [6.07, 6.45) is 2.40. The molecule has 3 nitrogen and oxygen atoms in total. The third-order valence-corrected chi connectivity index (χ3v) is 2.59. The van der Waals surface area contributed by atoms with Crippen LogP contribution in [0.15, 0.2) is 29.3 Å². The molecule has 0 saturated carbocycles. The van der Waals surface area contributed by atoms with E-state index in [4.69, 9.17) is 4.74 Å². The lowest BCUT2D eigenvalue weighted by Gasteiger charge is -2.10. The van der Waals surface area contributed by atoms with Gasteiger partial charge < -0.3 is 4.74 Å². The monoisotopic (exact) mass is 203 g/mol. The van der Waals surface area contributed by atoms with Crippen LogP contribution in [0.5, 0.6) is 0 Å². The molecular weight excluding hydrogens is 190 g/mol. The molecule has 1 aromatic rings.